The van der Waals surface area contributed by atoms with Gasteiger partial charge < -0.3 is 5.32 Å². The number of likely N-dealkylation sites (tertiary alicyclic amines) is 1. The van der Waals surface area contributed by atoms with Crippen LogP contribution in [-0.4, -0.2) is 32.3 Å². The summed E-state index contributed by atoms with van der Waals surface area (Å²) in [7, 11) is -3.71. The molecule has 0 saturated carbocycles. The fourth-order valence-corrected chi connectivity index (χ4v) is 5.25. The molecule has 0 aliphatic carbocycles. The number of anilines is 2. The summed E-state index contributed by atoms with van der Waals surface area (Å²) in [5.41, 5.74) is 3.05. The fourth-order valence-electron chi connectivity index (χ4n) is 4.11. The number of piperidine rings is 1. The highest BCUT2D eigenvalue weighted by atomic mass is 32.2. The minimum Gasteiger partial charge on any atom is -0.326 e. The topological polar surface area (TPSA) is 78.5 Å². The summed E-state index contributed by atoms with van der Waals surface area (Å²) in [4.78, 5) is 15.5. The van der Waals surface area contributed by atoms with Crippen LogP contribution >= 0.6 is 0 Å². The average molecular weight is 464 g/mol. The molecule has 7 heteroatoms. The quantitative estimate of drug-likeness (QED) is 0.535. The Morgan fingerprint density at radius 3 is 2.42 bits per heavy atom. The van der Waals surface area contributed by atoms with E-state index < -0.39 is 10.0 Å². The lowest BCUT2D eigenvalue weighted by atomic mass is 9.96. The van der Waals surface area contributed by atoms with Gasteiger partial charge in [-0.2, -0.15) is 0 Å². The summed E-state index contributed by atoms with van der Waals surface area (Å²) >= 11 is 0. The summed E-state index contributed by atoms with van der Waals surface area (Å²) in [6, 6.07) is 23.8. The van der Waals surface area contributed by atoms with Crippen LogP contribution in [-0.2, 0) is 21.4 Å². The third-order valence-electron chi connectivity index (χ3n) is 5.93. The van der Waals surface area contributed by atoms with Gasteiger partial charge in [-0.15, -0.1) is 0 Å². The molecule has 1 aliphatic rings. The van der Waals surface area contributed by atoms with Crippen molar-refractivity contribution in [3.8, 4) is 0 Å². The van der Waals surface area contributed by atoms with Crippen LogP contribution in [0.25, 0.3) is 0 Å². The molecule has 4 rings (SSSR count). The van der Waals surface area contributed by atoms with Gasteiger partial charge in [-0.3, -0.25) is 14.4 Å². The Labute approximate surface area is 195 Å². The number of hydrogen-bond donors (Lipinski definition) is 2. The number of nitrogens with zero attached hydrogens (tertiary/aromatic N) is 1. The van der Waals surface area contributed by atoms with E-state index in [4.69, 9.17) is 0 Å². The number of carbonyl (C=O) groups is 1. The third kappa shape index (κ3) is 6.00. The fraction of sp³-hybridized carbons (Fsp3) is 0.269. The molecule has 0 radical (unpaired) electrons. The summed E-state index contributed by atoms with van der Waals surface area (Å²) in [6.45, 7) is 4.35. The molecule has 0 spiro atoms. The molecular formula is C26H29N3O3S. The molecule has 0 aromatic heterocycles. The van der Waals surface area contributed by atoms with Crippen LogP contribution in [0.5, 0.6) is 0 Å². The van der Waals surface area contributed by atoms with Gasteiger partial charge in [0.1, 0.15) is 0 Å². The maximum Gasteiger partial charge on any atom is 0.261 e. The zero-order valence-electron chi connectivity index (χ0n) is 18.7. The maximum absolute atomic E-state index is 13.0. The van der Waals surface area contributed by atoms with E-state index in [1.54, 1.807) is 48.5 Å². The van der Waals surface area contributed by atoms with Crippen LogP contribution in [0.2, 0.25) is 0 Å². The van der Waals surface area contributed by atoms with Crippen molar-refractivity contribution in [1.29, 1.82) is 0 Å². The van der Waals surface area contributed by atoms with E-state index in [-0.39, 0.29) is 16.7 Å². The second kappa shape index (κ2) is 10.2. The Hall–Kier alpha value is -3.16. The number of rotatable bonds is 7. The van der Waals surface area contributed by atoms with Crippen LogP contribution in [0.3, 0.4) is 0 Å². The molecule has 3 aromatic rings. The first kappa shape index (κ1) is 23.0. The van der Waals surface area contributed by atoms with Gasteiger partial charge in [-0.25, -0.2) is 8.42 Å². The maximum atomic E-state index is 13.0. The predicted molar refractivity (Wildman–Crippen MR) is 132 cm³/mol. The number of aryl methyl sites for hydroxylation is 1. The first-order chi connectivity index (χ1) is 15.9. The monoisotopic (exact) mass is 463 g/mol. The van der Waals surface area contributed by atoms with Crippen LogP contribution in [0.4, 0.5) is 11.4 Å². The minimum atomic E-state index is -3.71. The zero-order valence-corrected chi connectivity index (χ0v) is 19.5. The van der Waals surface area contributed by atoms with Crippen LogP contribution in [0.1, 0.15) is 24.0 Å². The molecule has 1 heterocycles. The van der Waals surface area contributed by atoms with Gasteiger partial charge >= 0.3 is 0 Å². The molecular weight excluding hydrogens is 434 g/mol. The smallest absolute Gasteiger partial charge is 0.261 e. The van der Waals surface area contributed by atoms with Crippen molar-refractivity contribution >= 4 is 27.3 Å². The Morgan fingerprint density at radius 2 is 1.70 bits per heavy atom. The molecule has 1 saturated heterocycles. The number of benzene rings is 3. The van der Waals surface area contributed by atoms with Crippen LogP contribution in [0.15, 0.2) is 83.8 Å². The number of carbonyl (C=O) groups excluding carboxylic acids is 1. The van der Waals surface area contributed by atoms with E-state index in [1.807, 2.05) is 25.1 Å². The molecule has 1 unspecified atom stereocenters. The highest BCUT2D eigenvalue weighted by Gasteiger charge is 2.26. The Bertz CT molecular complexity index is 1200. The number of hydrogen-bond acceptors (Lipinski definition) is 4. The summed E-state index contributed by atoms with van der Waals surface area (Å²) < 4.78 is 28.1. The second-order valence-electron chi connectivity index (χ2n) is 8.50. The van der Waals surface area contributed by atoms with Crippen molar-refractivity contribution in [1.82, 2.24) is 4.90 Å². The van der Waals surface area contributed by atoms with Gasteiger partial charge in [0.15, 0.2) is 0 Å². The van der Waals surface area contributed by atoms with Gasteiger partial charge in [-0.05, 0) is 61.7 Å². The normalized spacial score (nSPS) is 16.8. The van der Waals surface area contributed by atoms with Gasteiger partial charge in [0, 0.05) is 18.8 Å². The third-order valence-corrected chi connectivity index (χ3v) is 7.31. The molecule has 0 bridgehead atoms. The highest BCUT2D eigenvalue weighted by molar-refractivity contribution is 7.92. The van der Waals surface area contributed by atoms with E-state index in [2.05, 4.69) is 27.1 Å². The van der Waals surface area contributed by atoms with Crippen molar-refractivity contribution in [3.05, 3.63) is 90.0 Å². The molecule has 1 atom stereocenters. The van der Waals surface area contributed by atoms with Crippen molar-refractivity contribution in [2.24, 2.45) is 5.92 Å². The molecule has 6 nitrogen and oxygen atoms in total. The molecule has 2 N–H and O–H groups in total. The van der Waals surface area contributed by atoms with Crippen molar-refractivity contribution in [2.75, 3.05) is 23.1 Å². The average Bonchev–Trinajstić information content (AvgIpc) is 2.82. The molecule has 3 aromatic carbocycles. The van der Waals surface area contributed by atoms with E-state index >= 15 is 0 Å². The lowest BCUT2D eigenvalue weighted by molar-refractivity contribution is -0.121. The Kier molecular flexibility index (Phi) is 7.11. The summed E-state index contributed by atoms with van der Waals surface area (Å²) in [6.07, 6.45) is 1.82. The Morgan fingerprint density at radius 1 is 1.00 bits per heavy atom. The Balaban J connectivity index is 1.42. The van der Waals surface area contributed by atoms with E-state index in [0.717, 1.165) is 31.5 Å². The number of sulfonamides is 1. The largest absolute Gasteiger partial charge is 0.326 e. The van der Waals surface area contributed by atoms with E-state index in [0.29, 0.717) is 17.9 Å². The highest BCUT2D eigenvalue weighted by Crippen LogP contribution is 2.25. The summed E-state index contributed by atoms with van der Waals surface area (Å²) in [5.74, 6) is -0.137. The van der Waals surface area contributed by atoms with E-state index in [9.17, 15) is 13.2 Å². The van der Waals surface area contributed by atoms with E-state index in [1.165, 1.54) is 5.56 Å². The standard InChI is InChI=1S/C26H29N3O3S/c1-20-14-15-23(17-25(20)28-33(31,32)24-12-6-3-7-13-24)27-26(30)22-11-8-16-29(19-22)18-21-9-4-2-5-10-21/h2-7,9-10,12-15,17,22,28H,8,11,16,18-19H2,1H3,(H,27,30). The number of nitrogens with one attached hydrogen (secondary N) is 2. The lowest BCUT2D eigenvalue weighted by Crippen LogP contribution is -2.40. The van der Waals surface area contributed by atoms with Crippen molar-refractivity contribution in [3.63, 3.8) is 0 Å². The van der Waals surface area contributed by atoms with Gasteiger partial charge in [0.25, 0.3) is 10.0 Å². The SMILES string of the molecule is Cc1ccc(NC(=O)C2CCCN(Cc3ccccc3)C2)cc1NS(=O)(=O)c1ccccc1. The molecule has 172 valence electrons. The van der Waals surface area contributed by atoms with Crippen molar-refractivity contribution < 1.29 is 13.2 Å². The van der Waals surface area contributed by atoms with Crippen molar-refractivity contribution in [2.45, 2.75) is 31.2 Å². The number of amides is 1. The van der Waals surface area contributed by atoms with Crippen LogP contribution < -0.4 is 10.0 Å². The lowest BCUT2D eigenvalue weighted by Gasteiger charge is -2.32. The van der Waals surface area contributed by atoms with Gasteiger partial charge in [-0.1, -0.05) is 54.6 Å². The molecule has 1 amide bonds. The first-order valence-corrected chi connectivity index (χ1v) is 12.6. The molecule has 1 fully saturated rings. The minimum absolute atomic E-state index is 0.0338. The van der Waals surface area contributed by atoms with Crippen LogP contribution in [0, 0.1) is 12.8 Å². The summed E-state index contributed by atoms with van der Waals surface area (Å²) in [5, 5.41) is 2.99. The second-order valence-corrected chi connectivity index (χ2v) is 10.2. The molecule has 33 heavy (non-hydrogen) atoms. The molecule has 1 aliphatic heterocycles. The first-order valence-electron chi connectivity index (χ1n) is 11.2. The zero-order chi connectivity index (χ0) is 23.3. The predicted octanol–water partition coefficient (Wildman–Crippen LogP) is 4.65. The van der Waals surface area contributed by atoms with Gasteiger partial charge in [0.2, 0.25) is 5.91 Å². The van der Waals surface area contributed by atoms with Gasteiger partial charge in [0.05, 0.1) is 16.5 Å².